The van der Waals surface area contributed by atoms with Crippen LogP contribution in [0.25, 0.3) is 11.3 Å². The molecule has 0 amide bonds. The minimum absolute atomic E-state index is 0.754. The first-order valence-corrected chi connectivity index (χ1v) is 6.70. The molecule has 2 heterocycles. The van der Waals surface area contributed by atoms with Crippen molar-refractivity contribution in [3.8, 4) is 17.0 Å². The molecule has 0 aliphatic carbocycles. The fourth-order valence-corrected chi connectivity index (χ4v) is 2.31. The van der Waals surface area contributed by atoms with Crippen LogP contribution < -0.4 is 10.1 Å². The van der Waals surface area contributed by atoms with E-state index in [0.717, 1.165) is 48.8 Å². The van der Waals surface area contributed by atoms with Gasteiger partial charge in [0.2, 0.25) is 0 Å². The molecular formula is C15H17N3O. The molecular weight excluding hydrogens is 238 g/mol. The molecule has 1 N–H and O–H groups in total. The summed E-state index contributed by atoms with van der Waals surface area (Å²) in [5, 5.41) is 3.32. The van der Waals surface area contributed by atoms with Crippen LogP contribution in [0.2, 0.25) is 0 Å². The second kappa shape index (κ2) is 5.26. The van der Waals surface area contributed by atoms with E-state index in [2.05, 4.69) is 34.3 Å². The standard InChI is InChI=1S/C15H17N3O/c1-2-7-17-15-13(16-8-9-18-15)12-5-3-4-11-6-10-19-14(11)12/h3-5,8-9H,2,6-7,10H2,1H3,(H,17,18). The van der Waals surface area contributed by atoms with E-state index >= 15 is 0 Å². The van der Waals surface area contributed by atoms with Crippen molar-refractivity contribution in [2.24, 2.45) is 0 Å². The van der Waals surface area contributed by atoms with Gasteiger partial charge in [-0.15, -0.1) is 0 Å². The number of hydrogen-bond donors (Lipinski definition) is 1. The summed E-state index contributed by atoms with van der Waals surface area (Å²) in [5.74, 6) is 1.79. The summed E-state index contributed by atoms with van der Waals surface area (Å²) in [5.41, 5.74) is 3.15. The number of hydrogen-bond acceptors (Lipinski definition) is 4. The molecule has 4 nitrogen and oxygen atoms in total. The van der Waals surface area contributed by atoms with Crippen LogP contribution in [-0.2, 0) is 6.42 Å². The largest absolute Gasteiger partial charge is 0.492 e. The van der Waals surface area contributed by atoms with Crippen molar-refractivity contribution in [1.29, 1.82) is 0 Å². The van der Waals surface area contributed by atoms with Gasteiger partial charge in [0.15, 0.2) is 5.82 Å². The predicted molar refractivity (Wildman–Crippen MR) is 75.4 cm³/mol. The first kappa shape index (κ1) is 12.0. The topological polar surface area (TPSA) is 47.0 Å². The molecule has 1 aliphatic heterocycles. The van der Waals surface area contributed by atoms with Gasteiger partial charge in [-0.1, -0.05) is 19.1 Å². The molecule has 3 rings (SSSR count). The van der Waals surface area contributed by atoms with Crippen LogP contribution in [0.15, 0.2) is 30.6 Å². The van der Waals surface area contributed by atoms with Gasteiger partial charge in [0.25, 0.3) is 0 Å². The zero-order chi connectivity index (χ0) is 13.1. The molecule has 0 spiro atoms. The van der Waals surface area contributed by atoms with Crippen LogP contribution >= 0.6 is 0 Å². The van der Waals surface area contributed by atoms with E-state index in [4.69, 9.17) is 4.74 Å². The Hall–Kier alpha value is -2.10. The Bertz CT molecular complexity index is 583. The summed E-state index contributed by atoms with van der Waals surface area (Å²) in [6.45, 7) is 3.78. The number of nitrogens with zero attached hydrogens (tertiary/aromatic N) is 2. The highest BCUT2D eigenvalue weighted by atomic mass is 16.5. The first-order valence-electron chi connectivity index (χ1n) is 6.70. The number of anilines is 1. The van der Waals surface area contributed by atoms with Gasteiger partial charge < -0.3 is 10.1 Å². The Morgan fingerprint density at radius 1 is 1.26 bits per heavy atom. The molecule has 1 aliphatic rings. The van der Waals surface area contributed by atoms with Gasteiger partial charge in [-0.3, -0.25) is 4.98 Å². The van der Waals surface area contributed by atoms with E-state index in [0.29, 0.717) is 0 Å². The summed E-state index contributed by atoms with van der Waals surface area (Å²) < 4.78 is 5.75. The number of para-hydroxylation sites is 1. The maximum Gasteiger partial charge on any atom is 0.152 e. The molecule has 0 bridgehead atoms. The summed E-state index contributed by atoms with van der Waals surface area (Å²) in [6, 6.07) is 6.22. The van der Waals surface area contributed by atoms with Crippen LogP contribution in [0.4, 0.5) is 5.82 Å². The molecule has 1 aromatic heterocycles. The molecule has 0 unspecified atom stereocenters. The van der Waals surface area contributed by atoms with Crippen LogP contribution in [0.5, 0.6) is 5.75 Å². The normalized spacial score (nSPS) is 12.9. The van der Waals surface area contributed by atoms with E-state index in [-0.39, 0.29) is 0 Å². The van der Waals surface area contributed by atoms with E-state index in [9.17, 15) is 0 Å². The number of fused-ring (bicyclic) bond motifs is 1. The maximum atomic E-state index is 5.75. The third kappa shape index (κ3) is 2.26. The third-order valence-electron chi connectivity index (χ3n) is 3.21. The van der Waals surface area contributed by atoms with Crippen molar-refractivity contribution in [3.05, 3.63) is 36.2 Å². The Balaban J connectivity index is 2.05. The molecule has 0 fully saturated rings. The highest BCUT2D eigenvalue weighted by Gasteiger charge is 2.19. The molecule has 4 heteroatoms. The summed E-state index contributed by atoms with van der Waals surface area (Å²) in [6.07, 6.45) is 5.47. The van der Waals surface area contributed by atoms with E-state index in [1.54, 1.807) is 12.4 Å². The summed E-state index contributed by atoms with van der Waals surface area (Å²) in [4.78, 5) is 8.86. The quantitative estimate of drug-likeness (QED) is 0.912. The van der Waals surface area contributed by atoms with E-state index in [1.807, 2.05) is 6.07 Å². The van der Waals surface area contributed by atoms with Gasteiger partial charge in [0, 0.05) is 30.9 Å². The van der Waals surface area contributed by atoms with Crippen LogP contribution in [-0.4, -0.2) is 23.1 Å². The lowest BCUT2D eigenvalue weighted by Gasteiger charge is -2.11. The second-order valence-corrected chi connectivity index (χ2v) is 4.57. The van der Waals surface area contributed by atoms with E-state index < -0.39 is 0 Å². The van der Waals surface area contributed by atoms with E-state index in [1.165, 1.54) is 5.56 Å². The zero-order valence-corrected chi connectivity index (χ0v) is 11.0. The van der Waals surface area contributed by atoms with Crippen molar-refractivity contribution in [1.82, 2.24) is 9.97 Å². The molecule has 98 valence electrons. The predicted octanol–water partition coefficient (Wildman–Crippen LogP) is 2.90. The van der Waals surface area contributed by atoms with Gasteiger partial charge in [-0.05, 0) is 18.1 Å². The van der Waals surface area contributed by atoms with Crippen molar-refractivity contribution < 1.29 is 4.74 Å². The summed E-state index contributed by atoms with van der Waals surface area (Å²) in [7, 11) is 0. The molecule has 0 radical (unpaired) electrons. The van der Waals surface area contributed by atoms with Gasteiger partial charge in [-0.2, -0.15) is 0 Å². The fraction of sp³-hybridized carbons (Fsp3) is 0.333. The van der Waals surface area contributed by atoms with Crippen molar-refractivity contribution >= 4 is 5.82 Å². The molecule has 0 saturated carbocycles. The van der Waals surface area contributed by atoms with Crippen molar-refractivity contribution in [2.75, 3.05) is 18.5 Å². The smallest absolute Gasteiger partial charge is 0.152 e. The van der Waals surface area contributed by atoms with Crippen molar-refractivity contribution in [2.45, 2.75) is 19.8 Å². The Morgan fingerprint density at radius 3 is 3.05 bits per heavy atom. The Kier molecular flexibility index (Phi) is 3.31. The average Bonchev–Trinajstić information content (AvgIpc) is 2.94. The van der Waals surface area contributed by atoms with Gasteiger partial charge in [-0.25, -0.2) is 4.98 Å². The van der Waals surface area contributed by atoms with Gasteiger partial charge >= 0.3 is 0 Å². The molecule has 1 aromatic carbocycles. The van der Waals surface area contributed by atoms with Crippen LogP contribution in [0, 0.1) is 0 Å². The fourth-order valence-electron chi connectivity index (χ4n) is 2.31. The minimum atomic E-state index is 0.754. The highest BCUT2D eigenvalue weighted by Crippen LogP contribution is 2.37. The van der Waals surface area contributed by atoms with Gasteiger partial charge in [0.05, 0.1) is 6.61 Å². The number of benzene rings is 1. The molecule has 0 atom stereocenters. The average molecular weight is 255 g/mol. The first-order chi connectivity index (χ1) is 9.40. The Morgan fingerprint density at radius 2 is 2.16 bits per heavy atom. The highest BCUT2D eigenvalue weighted by molar-refractivity contribution is 5.77. The Labute approximate surface area is 112 Å². The molecule has 2 aromatic rings. The SMILES string of the molecule is CCCNc1nccnc1-c1cccc2c1OCC2. The molecule has 19 heavy (non-hydrogen) atoms. The summed E-state index contributed by atoms with van der Waals surface area (Å²) >= 11 is 0. The third-order valence-corrected chi connectivity index (χ3v) is 3.21. The number of ether oxygens (including phenoxy) is 1. The van der Waals surface area contributed by atoms with Crippen LogP contribution in [0.1, 0.15) is 18.9 Å². The lowest BCUT2D eigenvalue weighted by Crippen LogP contribution is -2.05. The zero-order valence-electron chi connectivity index (χ0n) is 11.0. The van der Waals surface area contributed by atoms with Gasteiger partial charge in [0.1, 0.15) is 11.4 Å². The number of rotatable bonds is 4. The maximum absolute atomic E-state index is 5.75. The van der Waals surface area contributed by atoms with Crippen LogP contribution in [0.3, 0.4) is 0 Å². The monoisotopic (exact) mass is 255 g/mol. The number of nitrogens with one attached hydrogen (secondary N) is 1. The minimum Gasteiger partial charge on any atom is -0.492 e. The second-order valence-electron chi connectivity index (χ2n) is 4.57. The number of aromatic nitrogens is 2. The lowest BCUT2D eigenvalue weighted by molar-refractivity contribution is 0.358. The molecule has 0 saturated heterocycles. The lowest BCUT2D eigenvalue weighted by atomic mass is 10.1. The van der Waals surface area contributed by atoms with Crippen molar-refractivity contribution in [3.63, 3.8) is 0 Å².